The maximum Gasteiger partial charge on any atom is 0.113 e. The Bertz CT molecular complexity index is 910. The van der Waals surface area contributed by atoms with Crippen molar-refractivity contribution in [1.29, 1.82) is 0 Å². The Kier molecular flexibility index (Phi) is 3.16. The van der Waals surface area contributed by atoms with E-state index >= 15 is 0 Å². The molecule has 0 atom stereocenters. The monoisotopic (exact) mass is 285 g/mol. The summed E-state index contributed by atoms with van der Waals surface area (Å²) in [4.78, 5) is 0. The average Bonchev–Trinajstić information content (AvgIpc) is 3.04. The Labute approximate surface area is 128 Å². The molecule has 0 radical (unpaired) electrons. The van der Waals surface area contributed by atoms with Gasteiger partial charge in [-0.1, -0.05) is 71.9 Å². The Balaban J connectivity index is 1.65. The predicted molar refractivity (Wildman–Crippen MR) is 88.5 cm³/mol. The molecule has 1 aromatic heterocycles. The third kappa shape index (κ3) is 2.49. The van der Waals surface area contributed by atoms with E-state index in [0.29, 0.717) is 0 Å². The molecule has 3 nitrogen and oxygen atoms in total. The Morgan fingerprint density at radius 1 is 0.773 bits per heavy atom. The molecule has 106 valence electrons. The topological polar surface area (TPSA) is 30.7 Å². The van der Waals surface area contributed by atoms with Crippen LogP contribution in [0.1, 0.15) is 5.56 Å². The molecule has 0 saturated heterocycles. The van der Waals surface area contributed by atoms with Gasteiger partial charge in [0.1, 0.15) is 5.69 Å². The van der Waals surface area contributed by atoms with Crippen LogP contribution < -0.4 is 0 Å². The molecule has 3 heteroatoms. The lowest BCUT2D eigenvalue weighted by molar-refractivity contribution is 0.650. The van der Waals surface area contributed by atoms with E-state index in [4.69, 9.17) is 0 Å². The first-order valence-corrected chi connectivity index (χ1v) is 7.32. The van der Waals surface area contributed by atoms with Gasteiger partial charge in [-0.3, -0.25) is 0 Å². The molecular weight excluding hydrogens is 270 g/mol. The number of hydrogen-bond donors (Lipinski definition) is 0. The molecule has 0 fully saturated rings. The summed E-state index contributed by atoms with van der Waals surface area (Å²) in [5, 5.41) is 11.0. The average molecular weight is 285 g/mol. The molecule has 0 aliphatic rings. The molecule has 0 spiro atoms. The summed E-state index contributed by atoms with van der Waals surface area (Å²) in [6.45, 7) is 0.738. The normalized spacial score (nSPS) is 10.9. The van der Waals surface area contributed by atoms with E-state index in [9.17, 15) is 0 Å². The SMILES string of the molecule is c1ccc(Cn2cc(-c3ccc4ccccc4c3)nn2)cc1. The van der Waals surface area contributed by atoms with E-state index in [1.165, 1.54) is 16.3 Å². The highest BCUT2D eigenvalue weighted by Crippen LogP contribution is 2.22. The second-order valence-electron chi connectivity index (χ2n) is 5.35. The van der Waals surface area contributed by atoms with E-state index in [-0.39, 0.29) is 0 Å². The Morgan fingerprint density at radius 2 is 1.55 bits per heavy atom. The fourth-order valence-corrected chi connectivity index (χ4v) is 2.63. The summed E-state index contributed by atoms with van der Waals surface area (Å²) in [7, 11) is 0. The lowest BCUT2D eigenvalue weighted by atomic mass is 10.1. The quantitative estimate of drug-likeness (QED) is 0.566. The van der Waals surface area contributed by atoms with Crippen LogP contribution in [-0.4, -0.2) is 15.0 Å². The number of fused-ring (bicyclic) bond motifs is 1. The van der Waals surface area contributed by atoms with Crippen LogP contribution in [0.4, 0.5) is 0 Å². The highest BCUT2D eigenvalue weighted by Gasteiger charge is 2.05. The van der Waals surface area contributed by atoms with Crippen LogP contribution in [0, 0.1) is 0 Å². The third-order valence-corrected chi connectivity index (χ3v) is 3.77. The third-order valence-electron chi connectivity index (χ3n) is 3.77. The molecule has 3 aromatic carbocycles. The van der Waals surface area contributed by atoms with E-state index in [1.807, 2.05) is 29.1 Å². The van der Waals surface area contributed by atoms with Gasteiger partial charge in [-0.2, -0.15) is 0 Å². The van der Waals surface area contributed by atoms with Crippen LogP contribution in [-0.2, 0) is 6.54 Å². The highest BCUT2D eigenvalue weighted by molar-refractivity contribution is 5.86. The minimum Gasteiger partial charge on any atom is -0.247 e. The molecule has 4 rings (SSSR count). The first-order chi connectivity index (χ1) is 10.9. The van der Waals surface area contributed by atoms with Crippen LogP contribution in [0.3, 0.4) is 0 Å². The van der Waals surface area contributed by atoms with Crippen LogP contribution in [0.15, 0.2) is 79.0 Å². The van der Waals surface area contributed by atoms with Gasteiger partial charge in [-0.15, -0.1) is 5.10 Å². The van der Waals surface area contributed by atoms with Crippen molar-refractivity contribution in [2.24, 2.45) is 0 Å². The standard InChI is InChI=1S/C19H15N3/c1-2-6-15(7-3-1)13-22-14-19(20-21-22)18-11-10-16-8-4-5-9-17(16)12-18/h1-12,14H,13H2. The van der Waals surface area contributed by atoms with Crippen LogP contribution in [0.25, 0.3) is 22.0 Å². The van der Waals surface area contributed by atoms with Gasteiger partial charge in [0.05, 0.1) is 12.7 Å². The molecule has 0 saturated carbocycles. The molecule has 0 aliphatic carbocycles. The first-order valence-electron chi connectivity index (χ1n) is 7.32. The molecule has 0 aliphatic heterocycles. The smallest absolute Gasteiger partial charge is 0.113 e. The fraction of sp³-hybridized carbons (Fsp3) is 0.0526. The van der Waals surface area contributed by atoms with Crippen molar-refractivity contribution in [1.82, 2.24) is 15.0 Å². The van der Waals surface area contributed by atoms with Crippen molar-refractivity contribution in [3.05, 3.63) is 84.6 Å². The number of hydrogen-bond acceptors (Lipinski definition) is 2. The Hall–Kier alpha value is -2.94. The summed E-state index contributed by atoms with van der Waals surface area (Å²) in [5.41, 5.74) is 3.22. The number of aromatic nitrogens is 3. The summed E-state index contributed by atoms with van der Waals surface area (Å²) in [5.74, 6) is 0. The second kappa shape index (κ2) is 5.45. The van der Waals surface area contributed by atoms with Crippen molar-refractivity contribution >= 4 is 10.8 Å². The van der Waals surface area contributed by atoms with Gasteiger partial charge in [-0.05, 0) is 22.4 Å². The number of nitrogens with zero attached hydrogens (tertiary/aromatic N) is 3. The van der Waals surface area contributed by atoms with E-state index < -0.39 is 0 Å². The largest absolute Gasteiger partial charge is 0.247 e. The second-order valence-corrected chi connectivity index (χ2v) is 5.35. The van der Waals surface area contributed by atoms with Crippen molar-refractivity contribution in [2.45, 2.75) is 6.54 Å². The highest BCUT2D eigenvalue weighted by atomic mass is 15.4. The van der Waals surface area contributed by atoms with Gasteiger partial charge in [-0.25, -0.2) is 4.68 Å². The summed E-state index contributed by atoms with van der Waals surface area (Å²) < 4.78 is 1.87. The predicted octanol–water partition coefficient (Wildman–Crippen LogP) is 4.15. The number of benzene rings is 3. The lowest BCUT2D eigenvalue weighted by Crippen LogP contribution is -1.99. The van der Waals surface area contributed by atoms with Crippen molar-refractivity contribution in [3.8, 4) is 11.3 Å². The summed E-state index contributed by atoms with van der Waals surface area (Å²) in [6.07, 6.45) is 2.00. The zero-order chi connectivity index (χ0) is 14.8. The molecule has 0 unspecified atom stereocenters. The van der Waals surface area contributed by atoms with Crippen molar-refractivity contribution in [2.75, 3.05) is 0 Å². The zero-order valence-corrected chi connectivity index (χ0v) is 12.1. The van der Waals surface area contributed by atoms with E-state index in [2.05, 4.69) is 64.9 Å². The zero-order valence-electron chi connectivity index (χ0n) is 12.1. The number of rotatable bonds is 3. The Morgan fingerprint density at radius 3 is 2.41 bits per heavy atom. The lowest BCUT2D eigenvalue weighted by Gasteiger charge is -2.01. The van der Waals surface area contributed by atoms with Crippen LogP contribution in [0.2, 0.25) is 0 Å². The molecule has 0 amide bonds. The molecule has 0 N–H and O–H groups in total. The van der Waals surface area contributed by atoms with Gasteiger partial charge in [0.15, 0.2) is 0 Å². The van der Waals surface area contributed by atoms with Gasteiger partial charge < -0.3 is 0 Å². The van der Waals surface area contributed by atoms with Crippen LogP contribution >= 0.6 is 0 Å². The first kappa shape index (κ1) is 12.8. The fourth-order valence-electron chi connectivity index (χ4n) is 2.63. The maximum atomic E-state index is 4.30. The van der Waals surface area contributed by atoms with Gasteiger partial charge in [0.2, 0.25) is 0 Å². The molecular formula is C19H15N3. The minimum atomic E-state index is 0.738. The molecule has 1 heterocycles. The van der Waals surface area contributed by atoms with Crippen molar-refractivity contribution in [3.63, 3.8) is 0 Å². The molecule has 4 aromatic rings. The molecule has 0 bridgehead atoms. The van der Waals surface area contributed by atoms with E-state index in [0.717, 1.165) is 17.8 Å². The summed E-state index contributed by atoms with van der Waals surface area (Å²) >= 11 is 0. The molecule has 22 heavy (non-hydrogen) atoms. The maximum absolute atomic E-state index is 4.30. The summed E-state index contributed by atoms with van der Waals surface area (Å²) in [6, 6.07) is 25.0. The van der Waals surface area contributed by atoms with E-state index in [1.54, 1.807) is 0 Å². The van der Waals surface area contributed by atoms with Gasteiger partial charge in [0, 0.05) is 5.56 Å². The van der Waals surface area contributed by atoms with Gasteiger partial charge >= 0.3 is 0 Å². The van der Waals surface area contributed by atoms with Gasteiger partial charge in [0.25, 0.3) is 0 Å². The van der Waals surface area contributed by atoms with Crippen LogP contribution in [0.5, 0.6) is 0 Å². The minimum absolute atomic E-state index is 0.738. The van der Waals surface area contributed by atoms with Crippen molar-refractivity contribution < 1.29 is 0 Å².